The van der Waals surface area contributed by atoms with Crippen LogP contribution in [0.5, 0.6) is 0 Å². The number of nitrogens with zero attached hydrogens (tertiary/aromatic N) is 2. The first-order valence-corrected chi connectivity index (χ1v) is 14.7. The van der Waals surface area contributed by atoms with Crippen LogP contribution in [0.4, 0.5) is 24.5 Å². The van der Waals surface area contributed by atoms with Gasteiger partial charge in [-0.1, -0.05) is 53.1 Å². The molecule has 1 fully saturated rings. The predicted octanol–water partition coefficient (Wildman–Crippen LogP) is 5.91. The number of anilines is 2. The van der Waals surface area contributed by atoms with Gasteiger partial charge in [-0.05, 0) is 41.2 Å². The van der Waals surface area contributed by atoms with Crippen molar-refractivity contribution in [3.8, 4) is 0 Å². The molecule has 3 amide bonds. The van der Waals surface area contributed by atoms with Gasteiger partial charge in [0.1, 0.15) is 12.6 Å². The van der Waals surface area contributed by atoms with Crippen LogP contribution < -0.4 is 15.5 Å². The lowest BCUT2D eigenvalue weighted by Gasteiger charge is -2.39. The molecule has 0 saturated carbocycles. The summed E-state index contributed by atoms with van der Waals surface area (Å²) in [6.45, 7) is 12.8. The molecule has 232 valence electrons. The molecule has 1 aliphatic rings. The Labute approximate surface area is 253 Å². The van der Waals surface area contributed by atoms with E-state index in [-0.39, 0.29) is 48.5 Å². The smallest absolute Gasteiger partial charge is 0.370 e. The molecule has 0 spiro atoms. The van der Waals surface area contributed by atoms with E-state index in [0.29, 0.717) is 22.3 Å². The molecule has 1 atom stereocenters. The molecule has 42 heavy (non-hydrogen) atoms. The number of amides is 3. The third kappa shape index (κ3) is 9.68. The third-order valence-corrected chi connectivity index (χ3v) is 7.43. The van der Waals surface area contributed by atoms with Gasteiger partial charge in [-0.15, -0.1) is 11.3 Å². The molecular weight excluding hydrogens is 593 g/mol. The van der Waals surface area contributed by atoms with E-state index in [9.17, 15) is 27.6 Å². The van der Waals surface area contributed by atoms with Crippen LogP contribution in [0.1, 0.15) is 56.8 Å². The first-order valence-electron chi connectivity index (χ1n) is 13.5. The molecule has 3 rings (SSSR count). The molecule has 8 nitrogen and oxygen atoms in total. The van der Waals surface area contributed by atoms with E-state index >= 15 is 0 Å². The minimum Gasteiger partial charge on any atom is -0.370 e. The van der Waals surface area contributed by atoms with Crippen LogP contribution in [-0.2, 0) is 20.5 Å². The number of halogens is 4. The Hall–Kier alpha value is -2.67. The summed E-state index contributed by atoms with van der Waals surface area (Å²) in [5.74, 6) is -1.56. The summed E-state index contributed by atoms with van der Waals surface area (Å²) in [6.07, 6.45) is -4.78. The number of nitrogens with one attached hydrogen (secondary N) is 2. The molecule has 1 aliphatic heterocycles. The van der Waals surface area contributed by atoms with Crippen LogP contribution in [0.2, 0.25) is 4.34 Å². The summed E-state index contributed by atoms with van der Waals surface area (Å²) in [5, 5.41) is 5.43. The number of carbonyl (C=O) groups is 3. The summed E-state index contributed by atoms with van der Waals surface area (Å²) in [7, 11) is 0. The lowest BCUT2D eigenvalue weighted by atomic mass is 9.90. The number of benzene rings is 1. The van der Waals surface area contributed by atoms with Gasteiger partial charge in [0.15, 0.2) is 0 Å². The first-order chi connectivity index (χ1) is 19.3. The quantitative estimate of drug-likeness (QED) is 0.359. The predicted molar refractivity (Wildman–Crippen MR) is 159 cm³/mol. The van der Waals surface area contributed by atoms with Crippen molar-refractivity contribution in [2.45, 2.75) is 53.8 Å². The molecule has 1 aromatic heterocycles. The maximum Gasteiger partial charge on any atom is 0.418 e. The zero-order chi connectivity index (χ0) is 31.5. The van der Waals surface area contributed by atoms with Gasteiger partial charge in [0.05, 0.1) is 27.1 Å². The molecule has 13 heteroatoms. The fourth-order valence-corrected chi connectivity index (χ4v) is 5.63. The second-order valence-electron chi connectivity index (χ2n) is 12.7. The largest absolute Gasteiger partial charge is 0.418 e. The standard InChI is InChI=1S/C29H38ClF3N4O4S/c1-27(2,3)16-36(17-28(4,5)6)21(14-34-26(40)22-9-10-23(30)42-22)25(39)35-18-7-8-20(19(13-18)29(31,32)33)37-11-12-41-15-24(37)38/h7-10,13,21H,11-12,14-17H2,1-6H3,(H,34,40)(H,35,39)/t21-/m0/s1. The average Bonchev–Trinajstić information content (AvgIpc) is 3.28. The van der Waals surface area contributed by atoms with Crippen molar-refractivity contribution in [1.29, 1.82) is 0 Å². The molecule has 0 unspecified atom stereocenters. The fourth-order valence-electron chi connectivity index (χ4n) is 4.67. The number of hydrogen-bond donors (Lipinski definition) is 2. The maximum absolute atomic E-state index is 14.1. The lowest BCUT2D eigenvalue weighted by molar-refractivity contribution is -0.137. The van der Waals surface area contributed by atoms with Gasteiger partial charge >= 0.3 is 6.18 Å². The normalized spacial score (nSPS) is 15.6. The van der Waals surface area contributed by atoms with Crippen molar-refractivity contribution >= 4 is 52.0 Å². The Morgan fingerprint density at radius 3 is 2.24 bits per heavy atom. The minimum absolute atomic E-state index is 0.0145. The van der Waals surface area contributed by atoms with Crippen LogP contribution in [-0.4, -0.2) is 68.1 Å². The molecule has 2 N–H and O–H groups in total. The fraction of sp³-hybridized carbons (Fsp3) is 0.552. The lowest BCUT2D eigenvalue weighted by Crippen LogP contribution is -2.54. The van der Waals surface area contributed by atoms with Crippen LogP contribution in [0.25, 0.3) is 0 Å². The zero-order valence-electron chi connectivity index (χ0n) is 24.7. The number of morpholine rings is 1. The van der Waals surface area contributed by atoms with Crippen LogP contribution in [0, 0.1) is 10.8 Å². The van der Waals surface area contributed by atoms with Crippen molar-refractivity contribution in [3.63, 3.8) is 0 Å². The summed E-state index contributed by atoms with van der Waals surface area (Å²) in [5.41, 5.74) is -1.88. The Balaban J connectivity index is 1.94. The van der Waals surface area contributed by atoms with E-state index in [0.717, 1.165) is 22.3 Å². The van der Waals surface area contributed by atoms with Crippen LogP contribution in [0.3, 0.4) is 0 Å². The topological polar surface area (TPSA) is 91.0 Å². The number of alkyl halides is 3. The Bertz CT molecular complexity index is 1270. The van der Waals surface area contributed by atoms with Crippen molar-refractivity contribution in [3.05, 3.63) is 45.1 Å². The first kappa shape index (κ1) is 33.8. The third-order valence-electron chi connectivity index (χ3n) is 6.20. The van der Waals surface area contributed by atoms with Gasteiger partial charge in [0.25, 0.3) is 11.8 Å². The summed E-state index contributed by atoms with van der Waals surface area (Å²) < 4.78 is 47.9. The zero-order valence-corrected chi connectivity index (χ0v) is 26.2. The van der Waals surface area contributed by atoms with E-state index in [1.54, 1.807) is 12.1 Å². The number of hydrogen-bond acceptors (Lipinski definition) is 6. The molecule has 2 heterocycles. The minimum atomic E-state index is -4.78. The molecule has 1 aromatic carbocycles. The Morgan fingerprint density at radius 2 is 1.71 bits per heavy atom. The van der Waals surface area contributed by atoms with E-state index in [1.807, 2.05) is 46.4 Å². The van der Waals surface area contributed by atoms with Gasteiger partial charge in [-0.3, -0.25) is 19.3 Å². The van der Waals surface area contributed by atoms with E-state index in [4.69, 9.17) is 16.3 Å². The van der Waals surface area contributed by atoms with Crippen molar-refractivity contribution in [2.24, 2.45) is 10.8 Å². The Morgan fingerprint density at radius 1 is 1.07 bits per heavy atom. The van der Waals surface area contributed by atoms with Crippen molar-refractivity contribution < 1.29 is 32.3 Å². The van der Waals surface area contributed by atoms with Crippen molar-refractivity contribution in [2.75, 3.05) is 49.6 Å². The van der Waals surface area contributed by atoms with E-state index in [2.05, 4.69) is 10.6 Å². The van der Waals surface area contributed by atoms with E-state index in [1.165, 1.54) is 12.1 Å². The molecular formula is C29H38ClF3N4O4S. The summed E-state index contributed by atoms with van der Waals surface area (Å²) in [6, 6.07) is 5.63. The summed E-state index contributed by atoms with van der Waals surface area (Å²) in [4.78, 5) is 42.3. The van der Waals surface area contributed by atoms with Crippen LogP contribution in [0.15, 0.2) is 30.3 Å². The van der Waals surface area contributed by atoms with E-state index < -0.39 is 35.5 Å². The number of thiophene rings is 1. The maximum atomic E-state index is 14.1. The monoisotopic (exact) mass is 630 g/mol. The highest BCUT2D eigenvalue weighted by Gasteiger charge is 2.38. The van der Waals surface area contributed by atoms with Gasteiger partial charge < -0.3 is 20.3 Å². The molecule has 2 aromatic rings. The van der Waals surface area contributed by atoms with Gasteiger partial charge in [0.2, 0.25) is 5.91 Å². The second-order valence-corrected chi connectivity index (χ2v) is 14.4. The highest BCUT2D eigenvalue weighted by atomic mass is 35.5. The second kappa shape index (κ2) is 13.3. The average molecular weight is 631 g/mol. The Kier molecular flexibility index (Phi) is 10.7. The van der Waals surface area contributed by atoms with Gasteiger partial charge in [0, 0.05) is 31.9 Å². The van der Waals surface area contributed by atoms with Gasteiger partial charge in [-0.2, -0.15) is 13.2 Å². The molecule has 0 bridgehead atoms. The number of carbonyl (C=O) groups excluding carboxylic acids is 3. The number of rotatable bonds is 9. The summed E-state index contributed by atoms with van der Waals surface area (Å²) >= 11 is 7.08. The van der Waals surface area contributed by atoms with Gasteiger partial charge in [-0.25, -0.2) is 0 Å². The SMILES string of the molecule is CC(C)(C)CN(CC(C)(C)C)[C@@H](CNC(=O)c1ccc(Cl)s1)C(=O)Nc1ccc(N2CCOCC2=O)c(C(F)(F)F)c1. The molecule has 1 saturated heterocycles. The van der Waals surface area contributed by atoms with Crippen LogP contribution >= 0.6 is 22.9 Å². The highest BCUT2D eigenvalue weighted by molar-refractivity contribution is 7.18. The number of ether oxygens (including phenoxy) is 1. The van der Waals surface area contributed by atoms with Crippen molar-refractivity contribution in [1.82, 2.24) is 10.2 Å². The molecule has 0 radical (unpaired) electrons. The molecule has 0 aliphatic carbocycles. The highest BCUT2D eigenvalue weighted by Crippen LogP contribution is 2.39.